The highest BCUT2D eigenvalue weighted by Gasteiger charge is 2.26. The van der Waals surface area contributed by atoms with Crippen LogP contribution in [-0.2, 0) is 0 Å². The van der Waals surface area contributed by atoms with E-state index in [1.807, 2.05) is 5.38 Å². The molecule has 0 bridgehead atoms. The summed E-state index contributed by atoms with van der Waals surface area (Å²) in [6, 6.07) is 0. The minimum Gasteiger partial charge on any atom is -0.485 e. The number of rotatable bonds is 5. The van der Waals surface area contributed by atoms with E-state index >= 15 is 0 Å². The van der Waals surface area contributed by atoms with Gasteiger partial charge in [-0.2, -0.15) is 0 Å². The Hall–Kier alpha value is -1.27. The van der Waals surface area contributed by atoms with Crippen molar-refractivity contribution >= 4 is 17.2 Å². The number of likely N-dealkylation sites (tertiary alicyclic amines) is 1. The molecule has 0 unspecified atom stereocenters. The van der Waals surface area contributed by atoms with Crippen LogP contribution in [0, 0.1) is 11.8 Å². The zero-order chi connectivity index (χ0) is 15.5. The summed E-state index contributed by atoms with van der Waals surface area (Å²) in [5.41, 5.74) is 0. The molecular weight excluding hydrogens is 300 g/mol. The first kappa shape index (κ1) is 15.6. The van der Waals surface area contributed by atoms with Crippen molar-refractivity contribution in [1.29, 1.82) is 0 Å². The fourth-order valence-corrected chi connectivity index (χ4v) is 3.94. The maximum absolute atomic E-state index is 12.3. The van der Waals surface area contributed by atoms with Crippen LogP contribution in [0.15, 0.2) is 5.38 Å². The van der Waals surface area contributed by atoms with Gasteiger partial charge in [0.2, 0.25) is 0 Å². The molecule has 1 aromatic heterocycles. The second kappa shape index (κ2) is 6.87. The third-order valence-electron chi connectivity index (χ3n) is 4.05. The Morgan fingerprint density at radius 3 is 3.09 bits per heavy atom. The highest BCUT2D eigenvalue weighted by atomic mass is 32.1. The molecule has 1 atom stereocenters. The lowest BCUT2D eigenvalue weighted by molar-refractivity contribution is 0.0942. The van der Waals surface area contributed by atoms with E-state index in [0.717, 1.165) is 32.6 Å². The first-order valence-corrected chi connectivity index (χ1v) is 8.89. The van der Waals surface area contributed by atoms with Gasteiger partial charge in [-0.15, -0.1) is 11.3 Å². The van der Waals surface area contributed by atoms with Crippen LogP contribution in [0.5, 0.6) is 11.5 Å². The van der Waals surface area contributed by atoms with E-state index in [9.17, 15) is 4.79 Å². The molecule has 3 rings (SSSR count). The van der Waals surface area contributed by atoms with Gasteiger partial charge in [-0.05, 0) is 24.8 Å². The van der Waals surface area contributed by atoms with Gasteiger partial charge in [0, 0.05) is 25.0 Å². The van der Waals surface area contributed by atoms with E-state index in [-0.39, 0.29) is 5.91 Å². The number of fused-ring (bicyclic) bond motifs is 1. The number of carbonyl (C=O) groups is 1. The molecule has 0 aliphatic carbocycles. The van der Waals surface area contributed by atoms with Gasteiger partial charge >= 0.3 is 0 Å². The SMILES string of the molecule is CC(C)CN1CC[C@H](CNC(=O)c2scc3c2OCCO3)C1. The molecule has 2 aliphatic rings. The highest BCUT2D eigenvalue weighted by Crippen LogP contribution is 2.39. The minimum absolute atomic E-state index is 0.0425. The fourth-order valence-electron chi connectivity index (χ4n) is 3.10. The van der Waals surface area contributed by atoms with E-state index in [0.29, 0.717) is 41.4 Å². The summed E-state index contributed by atoms with van der Waals surface area (Å²) in [6.45, 7) is 9.67. The molecule has 0 saturated carbocycles. The molecule has 1 saturated heterocycles. The van der Waals surface area contributed by atoms with Gasteiger partial charge in [-0.3, -0.25) is 4.79 Å². The first-order chi connectivity index (χ1) is 10.6. The number of nitrogens with one attached hydrogen (secondary N) is 1. The molecule has 3 heterocycles. The van der Waals surface area contributed by atoms with Gasteiger partial charge in [0.15, 0.2) is 11.5 Å². The molecule has 0 aromatic carbocycles. The fraction of sp³-hybridized carbons (Fsp3) is 0.688. The summed E-state index contributed by atoms with van der Waals surface area (Å²) in [4.78, 5) is 15.5. The van der Waals surface area contributed by atoms with Gasteiger partial charge in [0.05, 0.1) is 0 Å². The Labute approximate surface area is 135 Å². The van der Waals surface area contributed by atoms with Crippen molar-refractivity contribution in [3.63, 3.8) is 0 Å². The topological polar surface area (TPSA) is 50.8 Å². The van der Waals surface area contributed by atoms with E-state index in [1.54, 1.807) is 0 Å². The molecule has 2 aliphatic heterocycles. The highest BCUT2D eigenvalue weighted by molar-refractivity contribution is 7.12. The number of nitrogens with zero attached hydrogens (tertiary/aromatic N) is 1. The number of carbonyl (C=O) groups excluding carboxylic acids is 1. The Kier molecular flexibility index (Phi) is 4.88. The van der Waals surface area contributed by atoms with Crippen LogP contribution < -0.4 is 14.8 Å². The first-order valence-electron chi connectivity index (χ1n) is 8.01. The number of thiophene rings is 1. The molecule has 0 radical (unpaired) electrons. The van der Waals surface area contributed by atoms with Crippen LogP contribution >= 0.6 is 11.3 Å². The van der Waals surface area contributed by atoms with Crippen LogP contribution in [0.1, 0.15) is 29.9 Å². The summed E-state index contributed by atoms with van der Waals surface area (Å²) in [5.74, 6) is 2.52. The van der Waals surface area contributed by atoms with Crippen molar-refractivity contribution < 1.29 is 14.3 Å². The lowest BCUT2D eigenvalue weighted by Gasteiger charge is -2.18. The van der Waals surface area contributed by atoms with Crippen LogP contribution in [-0.4, -0.2) is 50.2 Å². The summed E-state index contributed by atoms with van der Waals surface area (Å²) < 4.78 is 11.0. The Balaban J connectivity index is 1.50. The second-order valence-corrected chi connectivity index (χ2v) is 7.35. The zero-order valence-electron chi connectivity index (χ0n) is 13.3. The molecular formula is C16H24N2O3S. The van der Waals surface area contributed by atoms with Crippen molar-refractivity contribution in [3.05, 3.63) is 10.3 Å². The molecule has 1 aromatic rings. The number of amides is 1. The van der Waals surface area contributed by atoms with Crippen LogP contribution in [0.2, 0.25) is 0 Å². The molecule has 1 fully saturated rings. The molecule has 6 heteroatoms. The lowest BCUT2D eigenvalue weighted by atomic mass is 10.1. The van der Waals surface area contributed by atoms with Crippen LogP contribution in [0.3, 0.4) is 0 Å². The average Bonchev–Trinajstić information content (AvgIpc) is 3.10. The Morgan fingerprint density at radius 1 is 1.45 bits per heavy atom. The molecule has 0 spiro atoms. The van der Waals surface area contributed by atoms with Crippen LogP contribution in [0.4, 0.5) is 0 Å². The van der Waals surface area contributed by atoms with Crippen molar-refractivity contribution in [2.24, 2.45) is 11.8 Å². The van der Waals surface area contributed by atoms with E-state index < -0.39 is 0 Å². The van der Waals surface area contributed by atoms with Gasteiger partial charge < -0.3 is 19.7 Å². The average molecular weight is 324 g/mol. The second-order valence-electron chi connectivity index (χ2n) is 6.47. The monoisotopic (exact) mass is 324 g/mol. The largest absolute Gasteiger partial charge is 0.485 e. The van der Waals surface area contributed by atoms with Gasteiger partial charge in [0.1, 0.15) is 18.1 Å². The maximum Gasteiger partial charge on any atom is 0.265 e. The third kappa shape index (κ3) is 3.55. The standard InChI is InChI=1S/C16H24N2O3S/c1-11(2)8-18-4-3-12(9-18)7-17-16(19)15-14-13(10-22-15)20-5-6-21-14/h10-12H,3-9H2,1-2H3,(H,17,19)/t12-/m1/s1. The number of hydrogen-bond donors (Lipinski definition) is 1. The van der Waals surface area contributed by atoms with Crippen molar-refractivity contribution in [1.82, 2.24) is 10.2 Å². The zero-order valence-corrected chi connectivity index (χ0v) is 14.1. The van der Waals surface area contributed by atoms with Gasteiger partial charge in [-0.1, -0.05) is 13.8 Å². The molecule has 5 nitrogen and oxygen atoms in total. The molecule has 22 heavy (non-hydrogen) atoms. The normalized spacial score (nSPS) is 21.3. The Bertz CT molecular complexity index is 529. The predicted octanol–water partition coefficient (Wildman–Crippen LogP) is 2.23. The van der Waals surface area contributed by atoms with E-state index in [2.05, 4.69) is 24.1 Å². The van der Waals surface area contributed by atoms with E-state index in [4.69, 9.17) is 9.47 Å². The van der Waals surface area contributed by atoms with Gasteiger partial charge in [0.25, 0.3) is 5.91 Å². The Morgan fingerprint density at radius 2 is 2.27 bits per heavy atom. The quantitative estimate of drug-likeness (QED) is 0.902. The maximum atomic E-state index is 12.3. The lowest BCUT2D eigenvalue weighted by Crippen LogP contribution is -2.32. The summed E-state index contributed by atoms with van der Waals surface area (Å²) in [7, 11) is 0. The van der Waals surface area contributed by atoms with Crippen molar-refractivity contribution in [2.45, 2.75) is 20.3 Å². The van der Waals surface area contributed by atoms with Gasteiger partial charge in [-0.25, -0.2) is 0 Å². The smallest absolute Gasteiger partial charge is 0.265 e. The molecule has 1 amide bonds. The number of ether oxygens (including phenoxy) is 2. The minimum atomic E-state index is -0.0425. The predicted molar refractivity (Wildman–Crippen MR) is 87.0 cm³/mol. The van der Waals surface area contributed by atoms with Crippen molar-refractivity contribution in [2.75, 3.05) is 39.4 Å². The summed E-state index contributed by atoms with van der Waals surface area (Å²) in [5, 5.41) is 4.91. The summed E-state index contributed by atoms with van der Waals surface area (Å²) in [6.07, 6.45) is 1.16. The molecule has 122 valence electrons. The van der Waals surface area contributed by atoms with E-state index in [1.165, 1.54) is 11.3 Å². The summed E-state index contributed by atoms with van der Waals surface area (Å²) >= 11 is 1.39. The van der Waals surface area contributed by atoms with Crippen molar-refractivity contribution in [3.8, 4) is 11.5 Å². The number of hydrogen-bond acceptors (Lipinski definition) is 5. The molecule has 1 N–H and O–H groups in total. The third-order valence-corrected chi connectivity index (χ3v) is 4.99. The van der Waals surface area contributed by atoms with Crippen LogP contribution in [0.25, 0.3) is 0 Å².